The van der Waals surface area contributed by atoms with Gasteiger partial charge < -0.3 is 15.4 Å². The predicted molar refractivity (Wildman–Crippen MR) is 157 cm³/mol. The fourth-order valence-electron chi connectivity index (χ4n) is 7.00. The first-order chi connectivity index (χ1) is 21.9. The topological polar surface area (TPSA) is 128 Å². The molecule has 1 unspecified atom stereocenters. The number of fused-ring (bicyclic) bond motifs is 1. The summed E-state index contributed by atoms with van der Waals surface area (Å²) in [6.07, 6.45) is 5.36. The van der Waals surface area contributed by atoms with Gasteiger partial charge in [-0.3, -0.25) is 9.59 Å². The highest BCUT2D eigenvalue weighted by Crippen LogP contribution is 2.44. The van der Waals surface area contributed by atoms with Crippen LogP contribution in [-0.4, -0.2) is 66.2 Å². The summed E-state index contributed by atoms with van der Waals surface area (Å²) in [4.78, 5) is 35.4. The molecular formula is C31H40F4N8O3. The van der Waals surface area contributed by atoms with Crippen molar-refractivity contribution in [3.63, 3.8) is 0 Å². The lowest BCUT2D eigenvalue weighted by Gasteiger charge is -2.35. The number of hydrogen-bond donors (Lipinski definition) is 2. The monoisotopic (exact) mass is 648 g/mol. The summed E-state index contributed by atoms with van der Waals surface area (Å²) in [6, 6.07) is 0.593. The summed E-state index contributed by atoms with van der Waals surface area (Å²) in [5.41, 5.74) is 1.65. The molecule has 2 saturated carbocycles. The van der Waals surface area contributed by atoms with Gasteiger partial charge in [0, 0.05) is 51.4 Å². The molecule has 2 atom stereocenters. The van der Waals surface area contributed by atoms with Gasteiger partial charge >= 0.3 is 0 Å². The van der Waals surface area contributed by atoms with Crippen LogP contribution in [0, 0.1) is 17.8 Å². The first-order valence-corrected chi connectivity index (χ1v) is 16.1. The molecule has 3 aromatic rings. The number of rotatable bonds is 10. The van der Waals surface area contributed by atoms with E-state index in [1.165, 1.54) is 11.0 Å². The number of halogens is 4. The summed E-state index contributed by atoms with van der Waals surface area (Å²) < 4.78 is 63.6. The van der Waals surface area contributed by atoms with E-state index in [1.54, 1.807) is 16.9 Å². The predicted octanol–water partition coefficient (Wildman–Crippen LogP) is 5.22. The Morgan fingerprint density at radius 3 is 2.35 bits per heavy atom. The first kappa shape index (κ1) is 32.3. The van der Waals surface area contributed by atoms with Crippen molar-refractivity contribution in [1.82, 2.24) is 40.0 Å². The summed E-state index contributed by atoms with van der Waals surface area (Å²) >= 11 is 0. The molecule has 6 rings (SSSR count). The Hall–Kier alpha value is -3.62. The van der Waals surface area contributed by atoms with Gasteiger partial charge in [-0.2, -0.15) is 10.2 Å². The summed E-state index contributed by atoms with van der Waals surface area (Å²) in [7, 11) is 0. The number of nitrogens with zero attached hydrogens (tertiary/aromatic N) is 6. The molecule has 0 radical (unpaired) electrons. The second kappa shape index (κ2) is 12.9. The Balaban J connectivity index is 1.27. The van der Waals surface area contributed by atoms with Crippen molar-refractivity contribution in [3.05, 3.63) is 41.9 Å². The van der Waals surface area contributed by atoms with E-state index in [0.717, 1.165) is 0 Å². The van der Waals surface area contributed by atoms with Crippen LogP contribution in [0.2, 0.25) is 0 Å². The number of amides is 2. The number of aromatic nitrogens is 6. The van der Waals surface area contributed by atoms with E-state index in [1.807, 2.05) is 19.9 Å². The Morgan fingerprint density at radius 1 is 0.978 bits per heavy atom. The van der Waals surface area contributed by atoms with E-state index in [0.29, 0.717) is 43.0 Å². The van der Waals surface area contributed by atoms with E-state index in [9.17, 15) is 27.2 Å². The van der Waals surface area contributed by atoms with Gasteiger partial charge in [0.1, 0.15) is 6.33 Å². The molecule has 3 aromatic heterocycles. The molecule has 2 amide bonds. The van der Waals surface area contributed by atoms with Crippen molar-refractivity contribution in [2.75, 3.05) is 13.2 Å². The number of ether oxygens (including phenoxy) is 1. The van der Waals surface area contributed by atoms with Crippen molar-refractivity contribution in [1.29, 1.82) is 0 Å². The zero-order valence-corrected chi connectivity index (χ0v) is 26.0. The molecule has 250 valence electrons. The van der Waals surface area contributed by atoms with Crippen LogP contribution in [0.5, 0.6) is 0 Å². The maximum atomic E-state index is 14.1. The highest BCUT2D eigenvalue weighted by atomic mass is 19.3. The normalized spacial score (nSPS) is 22.0. The van der Waals surface area contributed by atoms with Crippen molar-refractivity contribution in [2.45, 2.75) is 102 Å². The lowest BCUT2D eigenvalue weighted by molar-refractivity contribution is -0.134. The Labute approximate surface area is 263 Å². The average Bonchev–Trinajstić information content (AvgIpc) is 3.66. The minimum Gasteiger partial charge on any atom is -0.381 e. The van der Waals surface area contributed by atoms with E-state index < -0.39 is 29.8 Å². The lowest BCUT2D eigenvalue weighted by Crippen LogP contribution is -2.41. The fraction of sp³-hybridized carbons (Fsp3) is 0.677. The molecular weight excluding hydrogens is 608 g/mol. The van der Waals surface area contributed by atoms with Crippen LogP contribution >= 0.6 is 0 Å². The number of imidazole rings is 1. The van der Waals surface area contributed by atoms with E-state index in [-0.39, 0.29) is 80.5 Å². The van der Waals surface area contributed by atoms with Crippen LogP contribution < -0.4 is 10.6 Å². The van der Waals surface area contributed by atoms with Crippen LogP contribution in [0.3, 0.4) is 0 Å². The van der Waals surface area contributed by atoms with E-state index in [2.05, 4.69) is 25.8 Å². The third-order valence-corrected chi connectivity index (χ3v) is 9.53. The van der Waals surface area contributed by atoms with Crippen LogP contribution in [-0.2, 0) is 9.53 Å². The molecule has 1 saturated heterocycles. The average molecular weight is 649 g/mol. The first-order valence-electron chi connectivity index (χ1n) is 16.1. The maximum Gasteiger partial charge on any atom is 0.289 e. The van der Waals surface area contributed by atoms with E-state index >= 15 is 0 Å². The highest BCUT2D eigenvalue weighted by molar-refractivity contribution is 5.91. The van der Waals surface area contributed by atoms with Gasteiger partial charge in [0.05, 0.1) is 30.2 Å². The van der Waals surface area contributed by atoms with Gasteiger partial charge in [0.2, 0.25) is 23.6 Å². The zero-order chi connectivity index (χ0) is 32.6. The van der Waals surface area contributed by atoms with Crippen LogP contribution in [0.4, 0.5) is 17.6 Å². The SMILES string of the molecule is CC(C)n1ncnc1C(=O)N[C@H](c1cn2ncc(C(NC(=O)CC3CC(F)(F)C3)C3CCOCC3)cc2n1)C1CCC(F)(F)CC1. The van der Waals surface area contributed by atoms with Crippen molar-refractivity contribution in [2.24, 2.45) is 17.8 Å². The quantitative estimate of drug-likeness (QED) is 0.289. The van der Waals surface area contributed by atoms with Gasteiger partial charge in [0.25, 0.3) is 5.91 Å². The third kappa shape index (κ3) is 7.18. The van der Waals surface area contributed by atoms with Crippen LogP contribution in [0.1, 0.15) is 112 Å². The third-order valence-electron chi connectivity index (χ3n) is 9.53. The molecule has 4 heterocycles. The Kier molecular flexibility index (Phi) is 9.05. The van der Waals surface area contributed by atoms with E-state index in [4.69, 9.17) is 9.72 Å². The van der Waals surface area contributed by atoms with Crippen LogP contribution in [0.25, 0.3) is 5.65 Å². The minimum absolute atomic E-state index is 0.0326. The molecule has 0 aromatic carbocycles. The number of hydrogen-bond acceptors (Lipinski definition) is 7. The number of carbonyl (C=O) groups excluding carboxylic acids is 2. The molecule has 2 aliphatic carbocycles. The molecule has 1 aliphatic heterocycles. The van der Waals surface area contributed by atoms with Gasteiger partial charge in [-0.05, 0) is 68.9 Å². The number of alkyl halides is 4. The molecule has 15 heteroatoms. The second-order valence-electron chi connectivity index (χ2n) is 13.4. The highest BCUT2D eigenvalue weighted by Gasteiger charge is 2.46. The van der Waals surface area contributed by atoms with Gasteiger partial charge in [-0.25, -0.2) is 36.7 Å². The smallest absolute Gasteiger partial charge is 0.289 e. The second-order valence-corrected chi connectivity index (χ2v) is 13.4. The fourth-order valence-corrected chi connectivity index (χ4v) is 7.00. The standard InChI is InChI=1S/C31H40F4N8O3/c1-18(2)43-28(36-17-38-43)29(45)41-27(20-3-7-30(32,33)8-4-20)23-16-42-24(39-23)12-22(15-37-42)26(21-5-9-46-10-6-21)40-25(44)11-19-13-31(34,35)14-19/h12,15-21,26-27H,3-11,13-14H2,1-2H3,(H,40,44)(H,41,45)/t26?,27-/m0/s1. The maximum absolute atomic E-state index is 14.1. The largest absolute Gasteiger partial charge is 0.381 e. The van der Waals surface area contributed by atoms with Gasteiger partial charge in [-0.15, -0.1) is 0 Å². The van der Waals surface area contributed by atoms with Crippen molar-refractivity contribution in [3.8, 4) is 0 Å². The van der Waals surface area contributed by atoms with Gasteiger partial charge in [-0.1, -0.05) is 0 Å². The summed E-state index contributed by atoms with van der Waals surface area (Å²) in [6.45, 7) is 4.83. The molecule has 3 fully saturated rings. The van der Waals surface area contributed by atoms with Gasteiger partial charge in [0.15, 0.2) is 5.65 Å². The molecule has 11 nitrogen and oxygen atoms in total. The minimum atomic E-state index is -2.75. The summed E-state index contributed by atoms with van der Waals surface area (Å²) in [5.74, 6) is -6.68. The molecule has 2 N–H and O–H groups in total. The number of carbonyl (C=O) groups is 2. The molecule has 46 heavy (non-hydrogen) atoms. The Bertz CT molecular complexity index is 1540. The lowest BCUT2D eigenvalue weighted by atomic mass is 9.79. The number of nitrogens with one attached hydrogen (secondary N) is 2. The van der Waals surface area contributed by atoms with Crippen LogP contribution in [0.15, 0.2) is 24.8 Å². The molecule has 3 aliphatic rings. The Morgan fingerprint density at radius 2 is 1.67 bits per heavy atom. The summed E-state index contributed by atoms with van der Waals surface area (Å²) in [5, 5.41) is 14.8. The zero-order valence-electron chi connectivity index (χ0n) is 26.0. The molecule has 0 bridgehead atoms. The van der Waals surface area contributed by atoms with Crippen molar-refractivity contribution < 1.29 is 31.9 Å². The van der Waals surface area contributed by atoms with Crippen molar-refractivity contribution >= 4 is 17.5 Å². The molecule has 0 spiro atoms.